The van der Waals surface area contributed by atoms with Gasteiger partial charge in [0.15, 0.2) is 11.4 Å². The molecule has 0 fully saturated rings. The van der Waals surface area contributed by atoms with E-state index in [9.17, 15) is 23.6 Å². The first-order valence-electron chi connectivity index (χ1n) is 13.4. The van der Waals surface area contributed by atoms with Gasteiger partial charge in [-0.15, -0.1) is 6.58 Å². The summed E-state index contributed by atoms with van der Waals surface area (Å²) in [7, 11) is 1.34. The van der Waals surface area contributed by atoms with Crippen molar-refractivity contribution in [2.45, 2.75) is 45.9 Å². The molecule has 3 aromatic rings. The van der Waals surface area contributed by atoms with E-state index >= 15 is 0 Å². The number of pyridine rings is 1. The summed E-state index contributed by atoms with van der Waals surface area (Å²) < 4.78 is 31.5. The first-order valence-corrected chi connectivity index (χ1v) is 13.4. The zero-order valence-corrected chi connectivity index (χ0v) is 24.5. The van der Waals surface area contributed by atoms with E-state index in [0.29, 0.717) is 17.5 Å². The Morgan fingerprint density at radius 3 is 2.42 bits per heavy atom. The highest BCUT2D eigenvalue weighted by Crippen LogP contribution is 2.21. The van der Waals surface area contributed by atoms with Gasteiger partial charge < -0.3 is 24.8 Å². The van der Waals surface area contributed by atoms with Crippen LogP contribution >= 0.6 is 0 Å². The Morgan fingerprint density at radius 1 is 1.05 bits per heavy atom. The molecule has 0 spiro atoms. The van der Waals surface area contributed by atoms with Crippen LogP contribution in [-0.2, 0) is 17.9 Å². The van der Waals surface area contributed by atoms with Crippen LogP contribution in [-0.4, -0.2) is 41.8 Å². The molecule has 0 aliphatic heterocycles. The van der Waals surface area contributed by atoms with Crippen LogP contribution in [0.1, 0.15) is 59.2 Å². The fraction of sp³-hybridized carbons (Fsp3) is 0.290. The molecule has 0 aliphatic rings. The first-order chi connectivity index (χ1) is 20.4. The van der Waals surface area contributed by atoms with Gasteiger partial charge in [0.1, 0.15) is 29.3 Å². The van der Waals surface area contributed by atoms with E-state index in [1.807, 2.05) is 0 Å². The zero-order valence-electron chi connectivity index (χ0n) is 24.5. The van der Waals surface area contributed by atoms with Crippen molar-refractivity contribution in [2.24, 2.45) is 0 Å². The van der Waals surface area contributed by atoms with Crippen LogP contribution in [0.4, 0.5) is 9.18 Å². The quantitative estimate of drug-likeness (QED) is 0.210. The Kier molecular flexibility index (Phi) is 11.0. The molecular weight excluding hydrogens is 559 g/mol. The second-order valence-electron chi connectivity index (χ2n) is 10.2. The van der Waals surface area contributed by atoms with Crippen molar-refractivity contribution in [2.75, 3.05) is 19.1 Å². The third kappa shape index (κ3) is 9.18. The molecule has 0 bridgehead atoms. The molecule has 12 heteroatoms. The Labute approximate surface area is 248 Å². The maximum Gasteiger partial charge on any atom is 0.426 e. The summed E-state index contributed by atoms with van der Waals surface area (Å²) in [6.07, 6.45) is 2.23. The lowest BCUT2D eigenvalue weighted by atomic mass is 10.1. The Bertz CT molecular complexity index is 1530. The molecule has 1 heterocycles. The van der Waals surface area contributed by atoms with Crippen molar-refractivity contribution in [3.05, 3.63) is 106 Å². The number of nitrogens with zero attached hydrogens (tertiary/aromatic N) is 1. The molecule has 0 atom stereocenters. The summed E-state index contributed by atoms with van der Waals surface area (Å²) in [4.78, 5) is 52.6. The van der Waals surface area contributed by atoms with Gasteiger partial charge in [0.05, 0.1) is 6.61 Å². The average Bonchev–Trinajstić information content (AvgIpc) is 2.95. The molecule has 0 saturated carbocycles. The molecule has 3 rings (SSSR count). The van der Waals surface area contributed by atoms with E-state index in [-0.39, 0.29) is 31.2 Å². The number of carbonyl (C=O) groups is 3. The van der Waals surface area contributed by atoms with Gasteiger partial charge >= 0.3 is 6.09 Å². The predicted molar refractivity (Wildman–Crippen MR) is 158 cm³/mol. The van der Waals surface area contributed by atoms with Crippen molar-refractivity contribution >= 4 is 17.9 Å². The lowest BCUT2D eigenvalue weighted by Crippen LogP contribution is -2.39. The van der Waals surface area contributed by atoms with Gasteiger partial charge in [-0.3, -0.25) is 14.4 Å². The lowest BCUT2D eigenvalue weighted by Gasteiger charge is -2.22. The van der Waals surface area contributed by atoms with Crippen molar-refractivity contribution in [1.29, 1.82) is 0 Å². The van der Waals surface area contributed by atoms with E-state index < -0.39 is 46.1 Å². The maximum absolute atomic E-state index is 13.9. The first kappa shape index (κ1) is 32.4. The van der Waals surface area contributed by atoms with Gasteiger partial charge in [-0.05, 0) is 38.8 Å². The highest BCUT2D eigenvalue weighted by atomic mass is 19.1. The summed E-state index contributed by atoms with van der Waals surface area (Å²) in [5, 5.41) is 5.03. The number of halogens is 1. The van der Waals surface area contributed by atoms with Crippen LogP contribution in [0.5, 0.6) is 11.5 Å². The molecule has 2 aromatic carbocycles. The molecule has 228 valence electrons. The fourth-order valence-electron chi connectivity index (χ4n) is 3.77. The number of amides is 3. The molecule has 11 nitrogen and oxygen atoms in total. The topological polar surface area (TPSA) is 137 Å². The largest absolute Gasteiger partial charge is 0.493 e. The van der Waals surface area contributed by atoms with Crippen molar-refractivity contribution in [3.63, 3.8) is 0 Å². The highest BCUT2D eigenvalue weighted by Gasteiger charge is 2.27. The standard InChI is InChI=1S/C31H35FN4O7/c1-6-7-15-41-24-16-22(32)14-13-21(24)17-34-28(38)23-18-36(35-30(40)43-31(2,3)4)25(29(39)33-5)27(26(23)37)42-19-20-11-9-8-10-12-20/h6,8-14,16,18H,1,7,15,17,19H2,2-5H3,(H,33,39)(H,34,38)(H,35,40). The second-order valence-corrected chi connectivity index (χ2v) is 10.2. The van der Waals surface area contributed by atoms with E-state index in [0.717, 1.165) is 10.9 Å². The van der Waals surface area contributed by atoms with E-state index in [1.165, 1.54) is 25.2 Å². The van der Waals surface area contributed by atoms with Gasteiger partial charge in [0.2, 0.25) is 5.43 Å². The third-order valence-electron chi connectivity index (χ3n) is 5.74. The van der Waals surface area contributed by atoms with Crippen molar-refractivity contribution in [3.8, 4) is 11.5 Å². The Hall–Kier alpha value is -5.13. The molecule has 3 N–H and O–H groups in total. The monoisotopic (exact) mass is 594 g/mol. The number of nitrogens with one attached hydrogen (secondary N) is 3. The third-order valence-corrected chi connectivity index (χ3v) is 5.74. The Balaban J connectivity index is 2.02. The molecule has 0 radical (unpaired) electrons. The van der Waals surface area contributed by atoms with Crippen LogP contribution in [0, 0.1) is 5.82 Å². The summed E-state index contributed by atoms with van der Waals surface area (Å²) in [5.74, 6) is -2.39. The minimum absolute atomic E-state index is 0.113. The van der Waals surface area contributed by atoms with E-state index in [4.69, 9.17) is 14.2 Å². The fourth-order valence-corrected chi connectivity index (χ4v) is 3.77. The number of carbonyl (C=O) groups excluding carboxylic acids is 3. The van der Waals surface area contributed by atoms with Crippen LogP contribution in [0.25, 0.3) is 0 Å². The minimum atomic E-state index is -0.950. The molecule has 43 heavy (non-hydrogen) atoms. The number of hydrogen-bond acceptors (Lipinski definition) is 7. The molecule has 0 aliphatic carbocycles. The molecule has 0 unspecified atom stereocenters. The number of aromatic nitrogens is 1. The molecule has 3 amide bonds. The molecular formula is C31H35FN4O7. The van der Waals surface area contributed by atoms with Gasteiger partial charge in [0, 0.05) is 31.4 Å². The van der Waals surface area contributed by atoms with Crippen molar-refractivity contribution in [1.82, 2.24) is 15.3 Å². The van der Waals surface area contributed by atoms with Crippen molar-refractivity contribution < 1.29 is 33.0 Å². The summed E-state index contributed by atoms with van der Waals surface area (Å²) >= 11 is 0. The van der Waals surface area contributed by atoms with Gasteiger partial charge in [-0.2, -0.15) is 0 Å². The predicted octanol–water partition coefficient (Wildman–Crippen LogP) is 4.29. The lowest BCUT2D eigenvalue weighted by molar-refractivity contribution is 0.0611. The highest BCUT2D eigenvalue weighted by molar-refractivity contribution is 5.99. The number of benzene rings is 2. The number of hydrogen-bond donors (Lipinski definition) is 3. The van der Waals surface area contributed by atoms with Gasteiger partial charge in [-0.25, -0.2) is 19.3 Å². The van der Waals surface area contributed by atoms with Gasteiger partial charge in [-0.1, -0.05) is 42.5 Å². The molecule has 0 saturated heterocycles. The molecule has 1 aromatic heterocycles. The van der Waals surface area contributed by atoms with Crippen LogP contribution in [0.2, 0.25) is 0 Å². The summed E-state index contributed by atoms with van der Waals surface area (Å²) in [6, 6.07) is 12.7. The van der Waals surface area contributed by atoms with E-state index in [1.54, 1.807) is 57.2 Å². The van der Waals surface area contributed by atoms with E-state index in [2.05, 4.69) is 22.6 Å². The smallest absolute Gasteiger partial charge is 0.426 e. The summed E-state index contributed by atoms with van der Waals surface area (Å²) in [6.45, 7) is 8.58. The maximum atomic E-state index is 13.9. The minimum Gasteiger partial charge on any atom is -0.493 e. The second kappa shape index (κ2) is 14.7. The number of ether oxygens (including phenoxy) is 3. The average molecular weight is 595 g/mol. The van der Waals surface area contributed by atoms with Gasteiger partial charge in [0.25, 0.3) is 11.8 Å². The summed E-state index contributed by atoms with van der Waals surface area (Å²) in [5.41, 5.74) is 0.948. The van der Waals surface area contributed by atoms with Crippen LogP contribution < -0.4 is 31.0 Å². The normalized spacial score (nSPS) is 10.8. The van der Waals surface area contributed by atoms with Crippen LogP contribution in [0.3, 0.4) is 0 Å². The Morgan fingerprint density at radius 2 is 1.77 bits per heavy atom. The van der Waals surface area contributed by atoms with Crippen LogP contribution in [0.15, 0.2) is 72.2 Å². The number of rotatable bonds is 12. The SMILES string of the molecule is C=CCCOc1cc(F)ccc1CNC(=O)c1cn(NC(=O)OC(C)(C)C)c(C(=O)NC)c(OCc2ccccc2)c1=O. The zero-order chi connectivity index (χ0) is 31.6.